The number of hydrogen-bond acceptors (Lipinski definition) is 7. The summed E-state index contributed by atoms with van der Waals surface area (Å²) in [6, 6.07) is 6.08. The molecule has 22 heavy (non-hydrogen) atoms. The van der Waals surface area contributed by atoms with Crippen molar-refractivity contribution in [1.29, 1.82) is 0 Å². The molecule has 0 aliphatic heterocycles. The summed E-state index contributed by atoms with van der Waals surface area (Å²) in [5, 5.41) is 16.4. The first-order valence-electron chi connectivity index (χ1n) is 6.50. The molecule has 2 aromatic heterocycles. The number of rotatable bonds is 5. The molecule has 2 heterocycles. The van der Waals surface area contributed by atoms with E-state index in [-0.39, 0.29) is 12.4 Å². The maximum atomic E-state index is 13.1. The zero-order valence-corrected chi connectivity index (χ0v) is 12.5. The second-order valence-electron chi connectivity index (χ2n) is 4.50. The zero-order valence-electron chi connectivity index (χ0n) is 11.7. The molecule has 0 unspecified atom stereocenters. The molecule has 2 N–H and O–H groups in total. The second-order valence-corrected chi connectivity index (χ2v) is 5.44. The van der Waals surface area contributed by atoms with E-state index < -0.39 is 0 Å². The lowest BCUT2D eigenvalue weighted by Crippen LogP contribution is -2.07. The second kappa shape index (κ2) is 6.24. The maximum Gasteiger partial charge on any atom is 0.196 e. The number of halogens is 1. The summed E-state index contributed by atoms with van der Waals surface area (Å²) < 4.78 is 19.6. The molecule has 9 heteroatoms. The monoisotopic (exact) mass is 320 g/mol. The highest BCUT2D eigenvalue weighted by Crippen LogP contribution is 2.25. The lowest BCUT2D eigenvalue weighted by atomic mass is 10.3. The highest BCUT2D eigenvalue weighted by atomic mass is 32.2. The van der Waals surface area contributed by atoms with Gasteiger partial charge in [-0.1, -0.05) is 22.1 Å². The first-order chi connectivity index (χ1) is 10.7. The van der Waals surface area contributed by atoms with Gasteiger partial charge in [-0.2, -0.15) is 0 Å². The Labute approximate surface area is 129 Å². The van der Waals surface area contributed by atoms with E-state index in [1.165, 1.54) is 23.9 Å². The molecule has 0 saturated heterocycles. The van der Waals surface area contributed by atoms with Gasteiger partial charge in [0.1, 0.15) is 17.2 Å². The third-order valence-electron chi connectivity index (χ3n) is 3.05. The quantitative estimate of drug-likeness (QED) is 0.717. The Hall–Kier alpha value is -2.26. The Kier molecular flexibility index (Phi) is 4.16. The normalized spacial score (nSPS) is 11.0. The van der Waals surface area contributed by atoms with Crippen LogP contribution in [0.2, 0.25) is 0 Å². The van der Waals surface area contributed by atoms with Crippen molar-refractivity contribution in [1.82, 2.24) is 25.1 Å². The number of hydrogen-bond donors (Lipinski definition) is 1. The summed E-state index contributed by atoms with van der Waals surface area (Å²) in [6.45, 7) is 2.05. The van der Waals surface area contributed by atoms with Crippen molar-refractivity contribution in [3.8, 4) is 5.69 Å². The number of thioether (sulfide) groups is 1. The Bertz CT molecular complexity index is 769. The molecule has 3 aromatic rings. The van der Waals surface area contributed by atoms with Crippen LogP contribution in [0.4, 0.5) is 4.39 Å². The number of nitrogens with zero attached hydrogens (tertiary/aromatic N) is 5. The van der Waals surface area contributed by atoms with Crippen molar-refractivity contribution in [3.63, 3.8) is 0 Å². The fourth-order valence-corrected chi connectivity index (χ4v) is 2.85. The minimum Gasteiger partial charge on any atom is -0.324 e. The molecule has 0 amide bonds. The van der Waals surface area contributed by atoms with Gasteiger partial charge in [-0.05, 0) is 31.2 Å². The van der Waals surface area contributed by atoms with Crippen LogP contribution in [-0.2, 0) is 12.3 Å². The van der Waals surface area contributed by atoms with E-state index in [1.807, 2.05) is 6.92 Å². The minimum absolute atomic E-state index is 0.232. The lowest BCUT2D eigenvalue weighted by molar-refractivity contribution is 0.302. The van der Waals surface area contributed by atoms with Crippen LogP contribution >= 0.6 is 11.8 Å². The summed E-state index contributed by atoms with van der Waals surface area (Å²) >= 11 is 1.43. The van der Waals surface area contributed by atoms with Crippen LogP contribution in [-0.4, -0.2) is 25.1 Å². The fourth-order valence-electron chi connectivity index (χ4n) is 1.89. The van der Waals surface area contributed by atoms with Crippen LogP contribution in [0.25, 0.3) is 5.69 Å². The summed E-state index contributed by atoms with van der Waals surface area (Å²) in [5.74, 6) is 0.841. The minimum atomic E-state index is -0.301. The van der Waals surface area contributed by atoms with Crippen molar-refractivity contribution in [2.45, 2.75) is 24.4 Å². The molecule has 0 radical (unpaired) electrons. The molecule has 1 aromatic carbocycles. The average molecular weight is 320 g/mol. The molecule has 0 bridgehead atoms. The van der Waals surface area contributed by atoms with Gasteiger partial charge >= 0.3 is 0 Å². The molecule has 0 saturated carbocycles. The molecule has 0 aliphatic carbocycles. The van der Waals surface area contributed by atoms with Gasteiger partial charge in [0.15, 0.2) is 11.0 Å². The standard InChI is InChI=1S/C13H13FN6OS/c1-8-11(19-21-18-8)7-22-13-17-16-12(6-15)20(13)10-4-2-9(14)3-5-10/h2-5H,6-7,15H2,1H3. The van der Waals surface area contributed by atoms with Gasteiger partial charge in [-0.3, -0.25) is 4.57 Å². The van der Waals surface area contributed by atoms with Gasteiger partial charge in [-0.15, -0.1) is 10.2 Å². The van der Waals surface area contributed by atoms with Crippen LogP contribution in [0, 0.1) is 12.7 Å². The topological polar surface area (TPSA) is 95.7 Å². The number of benzene rings is 1. The van der Waals surface area contributed by atoms with Crippen molar-refractivity contribution < 1.29 is 9.02 Å². The van der Waals surface area contributed by atoms with Crippen LogP contribution in [0.1, 0.15) is 17.2 Å². The van der Waals surface area contributed by atoms with Gasteiger partial charge in [-0.25, -0.2) is 9.02 Å². The van der Waals surface area contributed by atoms with Crippen LogP contribution in [0.5, 0.6) is 0 Å². The van der Waals surface area contributed by atoms with Crippen molar-refractivity contribution in [2.24, 2.45) is 5.73 Å². The van der Waals surface area contributed by atoms with E-state index in [0.717, 1.165) is 17.1 Å². The van der Waals surface area contributed by atoms with Gasteiger partial charge in [0.05, 0.1) is 6.54 Å². The molecule has 0 aliphatic rings. The molecule has 3 rings (SSSR count). The van der Waals surface area contributed by atoms with Crippen molar-refractivity contribution in [3.05, 3.63) is 47.3 Å². The van der Waals surface area contributed by atoms with Crippen molar-refractivity contribution >= 4 is 11.8 Å². The number of aromatic nitrogens is 5. The van der Waals surface area contributed by atoms with Crippen molar-refractivity contribution in [2.75, 3.05) is 0 Å². The van der Waals surface area contributed by atoms with E-state index in [4.69, 9.17) is 5.73 Å². The Morgan fingerprint density at radius 2 is 2.00 bits per heavy atom. The van der Waals surface area contributed by atoms with Gasteiger partial charge in [0.25, 0.3) is 0 Å². The molecule has 0 fully saturated rings. The van der Waals surface area contributed by atoms with Gasteiger partial charge in [0.2, 0.25) is 0 Å². The van der Waals surface area contributed by atoms with Crippen LogP contribution in [0.3, 0.4) is 0 Å². The van der Waals surface area contributed by atoms with Gasteiger partial charge in [0, 0.05) is 11.4 Å². The van der Waals surface area contributed by atoms with E-state index in [9.17, 15) is 4.39 Å². The number of aryl methyl sites for hydroxylation is 1. The lowest BCUT2D eigenvalue weighted by Gasteiger charge is -2.08. The fraction of sp³-hybridized carbons (Fsp3) is 0.231. The molecular weight excluding hydrogens is 307 g/mol. The largest absolute Gasteiger partial charge is 0.324 e. The summed E-state index contributed by atoms with van der Waals surface area (Å²) in [7, 11) is 0. The predicted octanol–water partition coefficient (Wildman–Crippen LogP) is 1.85. The first-order valence-corrected chi connectivity index (χ1v) is 7.48. The van der Waals surface area contributed by atoms with E-state index >= 15 is 0 Å². The summed E-state index contributed by atoms with van der Waals surface area (Å²) in [5.41, 5.74) is 7.94. The Balaban J connectivity index is 1.90. The highest BCUT2D eigenvalue weighted by molar-refractivity contribution is 7.98. The third kappa shape index (κ3) is 2.85. The number of nitrogens with two attached hydrogens (primary N) is 1. The van der Waals surface area contributed by atoms with Crippen LogP contribution in [0.15, 0.2) is 34.1 Å². The molecule has 114 valence electrons. The van der Waals surface area contributed by atoms with E-state index in [0.29, 0.717) is 16.7 Å². The Morgan fingerprint density at radius 1 is 1.23 bits per heavy atom. The van der Waals surface area contributed by atoms with E-state index in [2.05, 4.69) is 25.1 Å². The molecular formula is C13H13FN6OS. The van der Waals surface area contributed by atoms with Crippen LogP contribution < -0.4 is 5.73 Å². The molecule has 0 atom stereocenters. The first kappa shape index (κ1) is 14.7. The molecule has 7 nitrogen and oxygen atoms in total. The maximum absolute atomic E-state index is 13.1. The molecule has 0 spiro atoms. The van der Waals surface area contributed by atoms with E-state index in [1.54, 1.807) is 16.7 Å². The smallest absolute Gasteiger partial charge is 0.196 e. The average Bonchev–Trinajstić information content (AvgIpc) is 3.12. The summed E-state index contributed by atoms with van der Waals surface area (Å²) in [4.78, 5) is 0. The highest BCUT2D eigenvalue weighted by Gasteiger charge is 2.15. The SMILES string of the molecule is Cc1nonc1CSc1nnc(CN)n1-c1ccc(F)cc1. The third-order valence-corrected chi connectivity index (χ3v) is 3.99. The predicted molar refractivity (Wildman–Crippen MR) is 77.8 cm³/mol. The Morgan fingerprint density at radius 3 is 2.64 bits per heavy atom. The summed E-state index contributed by atoms with van der Waals surface area (Å²) in [6.07, 6.45) is 0. The van der Waals surface area contributed by atoms with Gasteiger partial charge < -0.3 is 5.73 Å². The zero-order chi connectivity index (χ0) is 15.5.